The molecule has 1 aromatic rings. The summed E-state index contributed by atoms with van der Waals surface area (Å²) >= 11 is 13.5. The van der Waals surface area contributed by atoms with Crippen molar-refractivity contribution in [1.29, 1.82) is 0 Å². The second-order valence-corrected chi connectivity index (χ2v) is 4.25. The van der Waals surface area contributed by atoms with Gasteiger partial charge in [-0.05, 0) is 29.5 Å². The molecule has 0 bridgehead atoms. The Morgan fingerprint density at radius 2 is 2.08 bits per heavy atom. The van der Waals surface area contributed by atoms with E-state index in [2.05, 4.69) is 0 Å². The molecular weight excluding hydrogens is 328 g/mol. The predicted octanol–water partition coefficient (Wildman–Crippen LogP) is 3.81. The van der Waals surface area contributed by atoms with Crippen LogP contribution < -0.4 is 0 Å². The maximum absolute atomic E-state index is 10.5. The topological polar surface area (TPSA) is 43.1 Å². The standard InChI is InChI=1S/C7H4Cl2INO2/c1-3-5(11(12)13)2-4(8)7(10)6(3)9/h2H,1H3. The Morgan fingerprint density at radius 3 is 2.54 bits per heavy atom. The summed E-state index contributed by atoms with van der Waals surface area (Å²) in [5.41, 5.74) is 0.399. The Morgan fingerprint density at radius 1 is 1.54 bits per heavy atom. The van der Waals surface area contributed by atoms with Gasteiger partial charge in [-0.3, -0.25) is 10.1 Å². The van der Waals surface area contributed by atoms with Crippen LogP contribution in [-0.4, -0.2) is 4.92 Å². The van der Waals surface area contributed by atoms with Crippen LogP contribution in [0.1, 0.15) is 5.56 Å². The van der Waals surface area contributed by atoms with Gasteiger partial charge in [-0.2, -0.15) is 0 Å². The van der Waals surface area contributed by atoms with Gasteiger partial charge in [-0.25, -0.2) is 0 Å². The minimum atomic E-state index is -0.497. The number of nitro benzene ring substituents is 1. The van der Waals surface area contributed by atoms with Crippen LogP contribution in [-0.2, 0) is 0 Å². The number of hydrogen-bond donors (Lipinski definition) is 0. The van der Waals surface area contributed by atoms with Crippen molar-refractivity contribution in [2.75, 3.05) is 0 Å². The predicted molar refractivity (Wildman–Crippen MR) is 60.6 cm³/mol. The Bertz CT molecular complexity index is 381. The molecule has 0 atom stereocenters. The SMILES string of the molecule is Cc1c([N+](=O)[O-])cc(Cl)c(I)c1Cl. The van der Waals surface area contributed by atoms with E-state index in [1.165, 1.54) is 6.07 Å². The van der Waals surface area contributed by atoms with Gasteiger partial charge in [0.1, 0.15) is 0 Å². The summed E-state index contributed by atoms with van der Waals surface area (Å²) in [6.07, 6.45) is 0. The van der Waals surface area contributed by atoms with Crippen molar-refractivity contribution in [3.63, 3.8) is 0 Å². The average Bonchev–Trinajstić information content (AvgIpc) is 2.07. The highest BCUT2D eigenvalue weighted by Crippen LogP contribution is 2.35. The van der Waals surface area contributed by atoms with Crippen LogP contribution >= 0.6 is 45.8 Å². The van der Waals surface area contributed by atoms with Gasteiger partial charge in [0, 0.05) is 11.6 Å². The molecule has 1 rings (SSSR count). The van der Waals surface area contributed by atoms with Crippen LogP contribution in [0.3, 0.4) is 0 Å². The summed E-state index contributed by atoms with van der Waals surface area (Å²) in [5.74, 6) is 0. The summed E-state index contributed by atoms with van der Waals surface area (Å²) in [6, 6.07) is 1.31. The van der Waals surface area contributed by atoms with E-state index >= 15 is 0 Å². The van der Waals surface area contributed by atoms with E-state index in [-0.39, 0.29) is 5.69 Å². The minimum Gasteiger partial charge on any atom is -0.258 e. The Kier molecular flexibility index (Phi) is 3.37. The zero-order valence-electron chi connectivity index (χ0n) is 6.47. The molecule has 0 heterocycles. The number of halogens is 3. The molecule has 3 nitrogen and oxygen atoms in total. The van der Waals surface area contributed by atoms with Gasteiger partial charge in [0.15, 0.2) is 0 Å². The molecule has 0 N–H and O–H groups in total. The van der Waals surface area contributed by atoms with Crippen LogP contribution in [0.15, 0.2) is 6.07 Å². The van der Waals surface area contributed by atoms with Crippen LogP contribution in [0, 0.1) is 20.6 Å². The van der Waals surface area contributed by atoms with Gasteiger partial charge in [-0.15, -0.1) is 0 Å². The third kappa shape index (κ3) is 2.05. The molecule has 70 valence electrons. The summed E-state index contributed by atoms with van der Waals surface area (Å²) in [7, 11) is 0. The van der Waals surface area contributed by atoms with E-state index in [9.17, 15) is 10.1 Å². The highest BCUT2D eigenvalue weighted by Gasteiger charge is 2.18. The molecule has 13 heavy (non-hydrogen) atoms. The van der Waals surface area contributed by atoms with E-state index in [0.29, 0.717) is 19.2 Å². The Labute approximate surface area is 98.3 Å². The molecule has 0 aromatic heterocycles. The van der Waals surface area contributed by atoms with Gasteiger partial charge in [-0.1, -0.05) is 23.2 Å². The third-order valence-corrected chi connectivity index (χ3v) is 4.10. The second kappa shape index (κ2) is 3.98. The molecule has 0 aliphatic carbocycles. The van der Waals surface area contributed by atoms with Crippen molar-refractivity contribution >= 4 is 51.5 Å². The van der Waals surface area contributed by atoms with Crippen LogP contribution in [0.4, 0.5) is 5.69 Å². The van der Waals surface area contributed by atoms with E-state index in [4.69, 9.17) is 23.2 Å². The molecule has 0 spiro atoms. The van der Waals surface area contributed by atoms with Crippen LogP contribution in [0.2, 0.25) is 10.0 Å². The van der Waals surface area contributed by atoms with E-state index in [0.717, 1.165) is 0 Å². The molecular formula is C7H4Cl2INO2. The fraction of sp³-hybridized carbons (Fsp3) is 0.143. The van der Waals surface area contributed by atoms with E-state index in [1.54, 1.807) is 6.92 Å². The minimum absolute atomic E-state index is 0.0459. The highest BCUT2D eigenvalue weighted by atomic mass is 127. The number of benzene rings is 1. The molecule has 0 unspecified atom stereocenters. The average molecular weight is 332 g/mol. The maximum Gasteiger partial charge on any atom is 0.275 e. The lowest BCUT2D eigenvalue weighted by Crippen LogP contribution is -1.94. The zero-order valence-corrected chi connectivity index (χ0v) is 10.1. The summed E-state index contributed by atoms with van der Waals surface area (Å²) in [6.45, 7) is 1.60. The summed E-state index contributed by atoms with van der Waals surface area (Å²) in [4.78, 5) is 10.0. The van der Waals surface area contributed by atoms with Gasteiger partial charge >= 0.3 is 0 Å². The fourth-order valence-corrected chi connectivity index (χ4v) is 1.87. The first-order chi connectivity index (χ1) is 5.95. The summed E-state index contributed by atoms with van der Waals surface area (Å²) in [5, 5.41) is 11.2. The lowest BCUT2D eigenvalue weighted by Gasteiger charge is -2.03. The lowest BCUT2D eigenvalue weighted by atomic mass is 10.2. The molecule has 0 aliphatic heterocycles. The fourth-order valence-electron chi connectivity index (χ4n) is 0.863. The Hall–Kier alpha value is -0.0700. The molecule has 0 saturated heterocycles. The number of nitrogens with zero attached hydrogens (tertiary/aromatic N) is 1. The number of nitro groups is 1. The number of hydrogen-bond acceptors (Lipinski definition) is 2. The first kappa shape index (κ1) is 11.0. The quantitative estimate of drug-likeness (QED) is 0.340. The van der Waals surface area contributed by atoms with Crippen LogP contribution in [0.5, 0.6) is 0 Å². The van der Waals surface area contributed by atoms with Crippen molar-refractivity contribution in [3.8, 4) is 0 Å². The lowest BCUT2D eigenvalue weighted by molar-refractivity contribution is -0.385. The molecule has 0 aliphatic rings. The van der Waals surface area contributed by atoms with E-state index in [1.807, 2.05) is 22.6 Å². The van der Waals surface area contributed by atoms with Gasteiger partial charge in [0.05, 0.1) is 18.5 Å². The zero-order chi connectivity index (χ0) is 10.2. The van der Waals surface area contributed by atoms with Gasteiger partial charge in [0.25, 0.3) is 5.69 Å². The van der Waals surface area contributed by atoms with Crippen molar-refractivity contribution in [2.45, 2.75) is 6.92 Å². The summed E-state index contributed by atoms with van der Waals surface area (Å²) < 4.78 is 0.643. The van der Waals surface area contributed by atoms with Gasteiger partial charge < -0.3 is 0 Å². The monoisotopic (exact) mass is 331 g/mol. The maximum atomic E-state index is 10.5. The van der Waals surface area contributed by atoms with Crippen molar-refractivity contribution in [3.05, 3.63) is 35.4 Å². The molecule has 0 fully saturated rings. The normalized spacial score (nSPS) is 10.2. The molecule has 6 heteroatoms. The first-order valence-corrected chi connectivity index (χ1v) is 5.07. The molecule has 0 saturated carbocycles. The molecule has 0 radical (unpaired) electrons. The molecule has 0 amide bonds. The Balaban J connectivity index is 3.50. The van der Waals surface area contributed by atoms with Crippen molar-refractivity contribution in [2.24, 2.45) is 0 Å². The van der Waals surface area contributed by atoms with Crippen molar-refractivity contribution in [1.82, 2.24) is 0 Å². The van der Waals surface area contributed by atoms with Crippen molar-refractivity contribution < 1.29 is 4.92 Å². The van der Waals surface area contributed by atoms with Crippen LogP contribution in [0.25, 0.3) is 0 Å². The largest absolute Gasteiger partial charge is 0.275 e. The van der Waals surface area contributed by atoms with E-state index < -0.39 is 4.92 Å². The highest BCUT2D eigenvalue weighted by molar-refractivity contribution is 14.1. The second-order valence-electron chi connectivity index (χ2n) is 2.39. The third-order valence-electron chi connectivity index (χ3n) is 1.58. The first-order valence-electron chi connectivity index (χ1n) is 3.23. The molecule has 1 aromatic carbocycles. The smallest absolute Gasteiger partial charge is 0.258 e. The van der Waals surface area contributed by atoms with Gasteiger partial charge in [0.2, 0.25) is 0 Å². The number of rotatable bonds is 1.